The minimum absolute atomic E-state index is 0.0353. The Morgan fingerprint density at radius 3 is 2.81 bits per heavy atom. The summed E-state index contributed by atoms with van der Waals surface area (Å²) in [5, 5.41) is 3.42. The van der Waals surface area contributed by atoms with Crippen molar-refractivity contribution in [1.29, 1.82) is 0 Å². The van der Waals surface area contributed by atoms with E-state index in [1.54, 1.807) is 11.3 Å². The van der Waals surface area contributed by atoms with Crippen molar-refractivity contribution in [1.82, 2.24) is 9.88 Å². The number of ether oxygens (including phenoxy) is 1. The first-order valence-corrected chi connectivity index (χ1v) is 10.2. The minimum atomic E-state index is -0.0353. The van der Waals surface area contributed by atoms with E-state index in [-0.39, 0.29) is 17.9 Å². The van der Waals surface area contributed by atoms with Crippen molar-refractivity contribution in [3.63, 3.8) is 0 Å². The van der Waals surface area contributed by atoms with E-state index < -0.39 is 0 Å². The lowest BCUT2D eigenvalue weighted by Crippen LogP contribution is -2.39. The Hall–Kier alpha value is -2.11. The lowest BCUT2D eigenvalue weighted by atomic mass is 9.93. The van der Waals surface area contributed by atoms with Crippen molar-refractivity contribution in [3.8, 4) is 0 Å². The first-order chi connectivity index (χ1) is 12.8. The van der Waals surface area contributed by atoms with Gasteiger partial charge in [-0.1, -0.05) is 24.3 Å². The highest BCUT2D eigenvalue weighted by atomic mass is 32.1. The van der Waals surface area contributed by atoms with Gasteiger partial charge in [0, 0.05) is 22.0 Å². The Bertz CT molecular complexity index is 863. The standard InChI is InChI=1S/C21H24N2O2S/c1-2-25-21(24)15-9-11-23(12-10-15)20(19-8-5-13-26-19)17-14-22-18-7-4-3-6-16(17)18/h3-8,13-15,20,22H,2,9-12H2,1H3. The number of hydrogen-bond donors (Lipinski definition) is 1. The van der Waals surface area contributed by atoms with Gasteiger partial charge in [-0.3, -0.25) is 9.69 Å². The Morgan fingerprint density at radius 2 is 2.08 bits per heavy atom. The number of H-pyrrole nitrogens is 1. The average molecular weight is 369 g/mol. The molecule has 136 valence electrons. The second kappa shape index (κ2) is 7.64. The number of carbonyl (C=O) groups excluding carboxylic acids is 1. The Labute approximate surface area is 157 Å². The topological polar surface area (TPSA) is 45.3 Å². The molecule has 3 aromatic rings. The third-order valence-electron chi connectivity index (χ3n) is 5.24. The van der Waals surface area contributed by atoms with Gasteiger partial charge in [0.25, 0.3) is 0 Å². The van der Waals surface area contributed by atoms with Crippen molar-refractivity contribution in [2.75, 3.05) is 19.7 Å². The number of aromatic amines is 1. The van der Waals surface area contributed by atoms with Crippen LogP contribution in [-0.2, 0) is 9.53 Å². The monoisotopic (exact) mass is 368 g/mol. The largest absolute Gasteiger partial charge is 0.466 e. The molecule has 2 aromatic heterocycles. The fourth-order valence-corrected chi connectivity index (χ4v) is 4.83. The number of aromatic nitrogens is 1. The molecule has 0 saturated carbocycles. The molecule has 0 spiro atoms. The van der Waals surface area contributed by atoms with E-state index in [0.717, 1.165) is 25.9 Å². The maximum atomic E-state index is 12.1. The number of esters is 1. The average Bonchev–Trinajstić information content (AvgIpc) is 3.34. The molecule has 0 bridgehead atoms. The van der Waals surface area contributed by atoms with Gasteiger partial charge >= 0.3 is 5.97 Å². The highest BCUT2D eigenvalue weighted by Crippen LogP contribution is 2.38. The van der Waals surface area contributed by atoms with Gasteiger partial charge in [-0.25, -0.2) is 0 Å². The van der Waals surface area contributed by atoms with Crippen molar-refractivity contribution < 1.29 is 9.53 Å². The lowest BCUT2D eigenvalue weighted by molar-refractivity contribution is -0.149. The predicted octanol–water partition coefficient (Wildman–Crippen LogP) is 4.59. The zero-order valence-electron chi connectivity index (χ0n) is 15.0. The summed E-state index contributed by atoms with van der Waals surface area (Å²) in [4.78, 5) is 19.3. The van der Waals surface area contributed by atoms with Crippen LogP contribution in [0.25, 0.3) is 10.9 Å². The zero-order chi connectivity index (χ0) is 17.9. The third-order valence-corrected chi connectivity index (χ3v) is 6.17. The fourth-order valence-electron chi connectivity index (χ4n) is 3.95. The minimum Gasteiger partial charge on any atom is -0.466 e. The molecule has 1 aliphatic heterocycles. The van der Waals surface area contributed by atoms with Gasteiger partial charge in [0.05, 0.1) is 18.6 Å². The summed E-state index contributed by atoms with van der Waals surface area (Å²) >= 11 is 1.80. The zero-order valence-corrected chi connectivity index (χ0v) is 15.8. The molecular formula is C21H24N2O2S. The van der Waals surface area contributed by atoms with Crippen LogP contribution < -0.4 is 0 Å². The molecule has 1 atom stereocenters. The number of fused-ring (bicyclic) bond motifs is 1. The summed E-state index contributed by atoms with van der Waals surface area (Å²) in [6.07, 6.45) is 3.87. The van der Waals surface area contributed by atoms with Crippen LogP contribution in [0.2, 0.25) is 0 Å². The fraction of sp³-hybridized carbons (Fsp3) is 0.381. The van der Waals surface area contributed by atoms with Gasteiger partial charge in [0.2, 0.25) is 0 Å². The maximum Gasteiger partial charge on any atom is 0.309 e. The molecule has 1 aliphatic rings. The van der Waals surface area contributed by atoms with E-state index in [1.165, 1.54) is 21.3 Å². The first-order valence-electron chi connectivity index (χ1n) is 9.28. The number of rotatable bonds is 5. The van der Waals surface area contributed by atoms with E-state index in [4.69, 9.17) is 4.74 Å². The first kappa shape index (κ1) is 17.3. The smallest absolute Gasteiger partial charge is 0.309 e. The normalized spacial score (nSPS) is 17.4. The number of likely N-dealkylation sites (tertiary alicyclic amines) is 1. The molecule has 0 radical (unpaired) electrons. The van der Waals surface area contributed by atoms with E-state index in [9.17, 15) is 4.79 Å². The Kier molecular flexibility index (Phi) is 5.09. The third kappa shape index (κ3) is 3.29. The van der Waals surface area contributed by atoms with E-state index in [1.807, 2.05) is 6.92 Å². The van der Waals surface area contributed by atoms with Crippen LogP contribution in [-0.4, -0.2) is 35.5 Å². The number of thiophene rings is 1. The van der Waals surface area contributed by atoms with Gasteiger partial charge in [0.15, 0.2) is 0 Å². The number of carbonyl (C=O) groups is 1. The molecule has 1 saturated heterocycles. The summed E-state index contributed by atoms with van der Waals surface area (Å²) < 4.78 is 5.22. The SMILES string of the molecule is CCOC(=O)C1CCN(C(c2cccs2)c2c[nH]c3ccccc23)CC1. The summed E-state index contributed by atoms with van der Waals surface area (Å²) in [5.74, 6) is 0.00470. The summed E-state index contributed by atoms with van der Waals surface area (Å²) in [5.41, 5.74) is 2.49. The van der Waals surface area contributed by atoms with E-state index in [2.05, 4.69) is 57.9 Å². The molecule has 26 heavy (non-hydrogen) atoms. The van der Waals surface area contributed by atoms with Crippen LogP contribution in [0.1, 0.15) is 36.2 Å². The summed E-state index contributed by atoms with van der Waals surface area (Å²) in [6, 6.07) is 13.0. The number of nitrogens with zero attached hydrogens (tertiary/aromatic N) is 1. The molecule has 1 N–H and O–H groups in total. The molecule has 1 unspecified atom stereocenters. The van der Waals surface area contributed by atoms with Crippen molar-refractivity contribution in [3.05, 3.63) is 58.4 Å². The predicted molar refractivity (Wildman–Crippen MR) is 105 cm³/mol. The molecule has 4 nitrogen and oxygen atoms in total. The molecule has 1 aromatic carbocycles. The van der Waals surface area contributed by atoms with E-state index in [0.29, 0.717) is 6.61 Å². The second-order valence-corrected chi connectivity index (χ2v) is 7.75. The number of para-hydroxylation sites is 1. The van der Waals surface area contributed by atoms with Gasteiger partial charge in [-0.05, 0) is 55.9 Å². The highest BCUT2D eigenvalue weighted by Gasteiger charge is 2.32. The maximum absolute atomic E-state index is 12.1. The van der Waals surface area contributed by atoms with Gasteiger partial charge in [-0.15, -0.1) is 11.3 Å². The molecular weight excluding hydrogens is 344 g/mol. The van der Waals surface area contributed by atoms with E-state index >= 15 is 0 Å². The van der Waals surface area contributed by atoms with Crippen LogP contribution in [0.4, 0.5) is 0 Å². The molecule has 0 aliphatic carbocycles. The van der Waals surface area contributed by atoms with Gasteiger partial charge < -0.3 is 9.72 Å². The number of piperidine rings is 1. The van der Waals surface area contributed by atoms with Crippen LogP contribution in [0.3, 0.4) is 0 Å². The number of nitrogens with one attached hydrogen (secondary N) is 1. The molecule has 4 rings (SSSR count). The van der Waals surface area contributed by atoms with Crippen molar-refractivity contribution >= 4 is 28.2 Å². The summed E-state index contributed by atoms with van der Waals surface area (Å²) in [6.45, 7) is 4.15. The van der Waals surface area contributed by atoms with Crippen LogP contribution >= 0.6 is 11.3 Å². The Balaban J connectivity index is 1.61. The molecule has 0 amide bonds. The molecule has 3 heterocycles. The quantitative estimate of drug-likeness (QED) is 0.670. The van der Waals surface area contributed by atoms with Crippen LogP contribution in [0.5, 0.6) is 0 Å². The van der Waals surface area contributed by atoms with Gasteiger partial charge in [-0.2, -0.15) is 0 Å². The Morgan fingerprint density at radius 1 is 1.27 bits per heavy atom. The molecule has 5 heteroatoms. The van der Waals surface area contributed by atoms with Crippen LogP contribution in [0.15, 0.2) is 48.0 Å². The van der Waals surface area contributed by atoms with Crippen molar-refractivity contribution in [2.24, 2.45) is 5.92 Å². The summed E-state index contributed by atoms with van der Waals surface area (Å²) in [7, 11) is 0. The molecule has 1 fully saturated rings. The number of benzene rings is 1. The lowest BCUT2D eigenvalue weighted by Gasteiger charge is -2.36. The second-order valence-electron chi connectivity index (χ2n) is 6.77. The number of hydrogen-bond acceptors (Lipinski definition) is 4. The van der Waals surface area contributed by atoms with Crippen molar-refractivity contribution in [2.45, 2.75) is 25.8 Å². The van der Waals surface area contributed by atoms with Gasteiger partial charge in [0.1, 0.15) is 0 Å². The highest BCUT2D eigenvalue weighted by molar-refractivity contribution is 7.10. The van der Waals surface area contributed by atoms with Crippen LogP contribution in [0, 0.1) is 5.92 Å².